The summed E-state index contributed by atoms with van der Waals surface area (Å²) in [5.74, 6) is 0.00787. The first-order valence-electron chi connectivity index (χ1n) is 5.49. The van der Waals surface area contributed by atoms with E-state index in [2.05, 4.69) is 39.4 Å². The molecule has 0 bridgehead atoms. The second-order valence-electron chi connectivity index (χ2n) is 3.96. The van der Waals surface area contributed by atoms with Crippen molar-refractivity contribution in [2.45, 2.75) is 19.9 Å². The van der Waals surface area contributed by atoms with E-state index in [1.165, 1.54) is 0 Å². The second kappa shape index (κ2) is 4.56. The molecule has 0 spiro atoms. The fourth-order valence-corrected chi connectivity index (χ4v) is 2.04. The summed E-state index contributed by atoms with van der Waals surface area (Å²) in [6.45, 7) is 7.63. The van der Waals surface area contributed by atoms with Crippen LogP contribution in [0.1, 0.15) is 24.5 Å². The molecular formula is C9H16N6O. The van der Waals surface area contributed by atoms with Crippen LogP contribution < -0.4 is 0 Å². The van der Waals surface area contributed by atoms with E-state index in [4.69, 9.17) is 0 Å². The lowest BCUT2D eigenvalue weighted by molar-refractivity contribution is 0.0517. The third-order valence-electron chi connectivity index (χ3n) is 3.00. The lowest BCUT2D eigenvalue weighted by atomic mass is 10.2. The summed E-state index contributed by atoms with van der Waals surface area (Å²) >= 11 is 0. The van der Waals surface area contributed by atoms with Crippen molar-refractivity contribution in [1.29, 1.82) is 0 Å². The molecule has 0 aromatic carbocycles. The Morgan fingerprint density at radius 3 is 2.94 bits per heavy atom. The normalized spacial score (nSPS) is 22.4. The lowest BCUT2D eigenvalue weighted by Gasteiger charge is -2.38. The average molecular weight is 224 g/mol. The van der Waals surface area contributed by atoms with Gasteiger partial charge in [-0.25, -0.2) is 0 Å². The molecule has 0 saturated carbocycles. The van der Waals surface area contributed by atoms with Gasteiger partial charge in [-0.1, -0.05) is 6.92 Å². The summed E-state index contributed by atoms with van der Waals surface area (Å²) in [7, 11) is 0. The Hall–Kier alpha value is -1.50. The van der Waals surface area contributed by atoms with Crippen LogP contribution in [0.5, 0.6) is 0 Å². The van der Waals surface area contributed by atoms with Gasteiger partial charge in [0.15, 0.2) is 0 Å². The molecule has 16 heavy (non-hydrogen) atoms. The average Bonchev–Trinajstić information content (AvgIpc) is 2.81. The van der Waals surface area contributed by atoms with Crippen molar-refractivity contribution in [2.75, 3.05) is 26.2 Å². The van der Waals surface area contributed by atoms with Gasteiger partial charge in [0.25, 0.3) is 11.7 Å². The summed E-state index contributed by atoms with van der Waals surface area (Å²) in [5, 5.41) is 13.1. The SMILES string of the molecule is CCN1CCN(C(=O)c2nn[nH]n2)CC1C. The number of nitrogens with one attached hydrogen (secondary N) is 1. The molecule has 0 radical (unpaired) electrons. The number of amides is 1. The minimum absolute atomic E-state index is 0.142. The minimum Gasteiger partial charge on any atom is -0.333 e. The van der Waals surface area contributed by atoms with Crippen LogP contribution in [0.2, 0.25) is 0 Å². The van der Waals surface area contributed by atoms with Crippen molar-refractivity contribution < 1.29 is 4.79 Å². The van der Waals surface area contributed by atoms with E-state index in [1.54, 1.807) is 4.90 Å². The van der Waals surface area contributed by atoms with E-state index in [-0.39, 0.29) is 11.7 Å². The molecule has 1 aromatic heterocycles. The van der Waals surface area contributed by atoms with Crippen LogP contribution >= 0.6 is 0 Å². The van der Waals surface area contributed by atoms with Crippen molar-refractivity contribution >= 4 is 5.91 Å². The van der Waals surface area contributed by atoms with Gasteiger partial charge in [-0.15, -0.1) is 10.2 Å². The van der Waals surface area contributed by atoms with Gasteiger partial charge < -0.3 is 4.90 Å². The Kier molecular flexibility index (Phi) is 3.14. The summed E-state index contributed by atoms with van der Waals surface area (Å²) in [4.78, 5) is 16.1. The van der Waals surface area contributed by atoms with Crippen LogP contribution in [0.4, 0.5) is 0 Å². The molecule has 7 heteroatoms. The van der Waals surface area contributed by atoms with Crippen LogP contribution in [-0.4, -0.2) is 68.6 Å². The van der Waals surface area contributed by atoms with Crippen molar-refractivity contribution in [3.63, 3.8) is 0 Å². The third-order valence-corrected chi connectivity index (χ3v) is 3.00. The van der Waals surface area contributed by atoms with E-state index < -0.39 is 0 Å². The van der Waals surface area contributed by atoms with Crippen LogP contribution in [0.3, 0.4) is 0 Å². The Balaban J connectivity index is 2.00. The van der Waals surface area contributed by atoms with Gasteiger partial charge in [0.2, 0.25) is 0 Å². The number of hydrogen-bond donors (Lipinski definition) is 1. The fourth-order valence-electron chi connectivity index (χ4n) is 2.04. The standard InChI is InChI=1S/C9H16N6O/c1-3-14-4-5-15(6-7(14)2)9(16)8-10-12-13-11-8/h7H,3-6H2,1-2H3,(H,10,11,12,13). The molecule has 7 nitrogen and oxygen atoms in total. The highest BCUT2D eigenvalue weighted by Crippen LogP contribution is 2.10. The number of tetrazole rings is 1. The van der Waals surface area contributed by atoms with Crippen LogP contribution in [0.25, 0.3) is 0 Å². The molecule has 1 amide bonds. The van der Waals surface area contributed by atoms with E-state index in [0.29, 0.717) is 6.04 Å². The Morgan fingerprint density at radius 1 is 1.56 bits per heavy atom. The summed E-state index contributed by atoms with van der Waals surface area (Å²) in [6.07, 6.45) is 0. The zero-order valence-corrected chi connectivity index (χ0v) is 9.55. The molecule has 1 atom stereocenters. The monoisotopic (exact) mass is 224 g/mol. The van der Waals surface area contributed by atoms with E-state index in [9.17, 15) is 4.79 Å². The summed E-state index contributed by atoms with van der Waals surface area (Å²) in [5.41, 5.74) is 0. The summed E-state index contributed by atoms with van der Waals surface area (Å²) in [6, 6.07) is 0.384. The zero-order chi connectivity index (χ0) is 11.5. The third kappa shape index (κ3) is 2.04. The molecule has 1 saturated heterocycles. The highest BCUT2D eigenvalue weighted by Gasteiger charge is 2.27. The number of likely N-dealkylation sites (N-methyl/N-ethyl adjacent to an activating group) is 1. The number of piperazine rings is 1. The minimum atomic E-state index is -0.142. The molecule has 1 N–H and O–H groups in total. The van der Waals surface area contributed by atoms with Crippen molar-refractivity contribution in [3.8, 4) is 0 Å². The molecule has 0 aliphatic carbocycles. The van der Waals surface area contributed by atoms with Gasteiger partial charge in [0.05, 0.1) is 0 Å². The topological polar surface area (TPSA) is 78.0 Å². The molecular weight excluding hydrogens is 208 g/mol. The smallest absolute Gasteiger partial charge is 0.295 e. The van der Waals surface area contributed by atoms with Gasteiger partial charge in [-0.2, -0.15) is 5.21 Å². The van der Waals surface area contributed by atoms with Gasteiger partial charge >= 0.3 is 0 Å². The molecule has 1 aliphatic heterocycles. The molecule has 2 heterocycles. The largest absolute Gasteiger partial charge is 0.333 e. The highest BCUT2D eigenvalue weighted by atomic mass is 16.2. The Morgan fingerprint density at radius 2 is 2.38 bits per heavy atom. The zero-order valence-electron chi connectivity index (χ0n) is 9.55. The van der Waals surface area contributed by atoms with E-state index >= 15 is 0 Å². The van der Waals surface area contributed by atoms with Gasteiger partial charge in [-0.05, 0) is 18.7 Å². The van der Waals surface area contributed by atoms with Crippen molar-refractivity contribution in [1.82, 2.24) is 30.4 Å². The van der Waals surface area contributed by atoms with Gasteiger partial charge in [0, 0.05) is 25.7 Å². The maximum absolute atomic E-state index is 11.9. The number of carbonyl (C=O) groups excluding carboxylic acids is 1. The van der Waals surface area contributed by atoms with Crippen LogP contribution in [-0.2, 0) is 0 Å². The Bertz CT molecular complexity index is 351. The quantitative estimate of drug-likeness (QED) is 0.723. The first-order chi connectivity index (χ1) is 7.72. The molecule has 1 aromatic rings. The first-order valence-corrected chi connectivity index (χ1v) is 5.49. The van der Waals surface area contributed by atoms with E-state index in [0.717, 1.165) is 26.2 Å². The Labute approximate surface area is 93.8 Å². The maximum atomic E-state index is 11.9. The predicted octanol–water partition coefficient (Wildman–Crippen LogP) is -0.634. The number of aromatic nitrogens is 4. The molecule has 1 unspecified atom stereocenters. The summed E-state index contributed by atoms with van der Waals surface area (Å²) < 4.78 is 0. The lowest BCUT2D eigenvalue weighted by Crippen LogP contribution is -2.53. The van der Waals surface area contributed by atoms with Crippen LogP contribution in [0, 0.1) is 0 Å². The molecule has 88 valence electrons. The first kappa shape index (κ1) is 11.0. The van der Waals surface area contributed by atoms with Crippen molar-refractivity contribution in [2.24, 2.45) is 0 Å². The number of nitrogens with zero attached hydrogens (tertiary/aromatic N) is 5. The molecule has 1 aliphatic rings. The van der Waals surface area contributed by atoms with Crippen molar-refractivity contribution in [3.05, 3.63) is 5.82 Å². The van der Waals surface area contributed by atoms with Gasteiger partial charge in [-0.3, -0.25) is 9.69 Å². The molecule has 1 fully saturated rings. The van der Waals surface area contributed by atoms with Gasteiger partial charge in [0.1, 0.15) is 0 Å². The molecule has 2 rings (SSSR count). The fraction of sp³-hybridized carbons (Fsp3) is 0.778. The van der Waals surface area contributed by atoms with E-state index in [1.807, 2.05) is 0 Å². The second-order valence-corrected chi connectivity index (χ2v) is 3.96. The predicted molar refractivity (Wildman–Crippen MR) is 56.8 cm³/mol. The number of hydrogen-bond acceptors (Lipinski definition) is 5. The number of rotatable bonds is 2. The maximum Gasteiger partial charge on any atom is 0.295 e. The highest BCUT2D eigenvalue weighted by molar-refractivity contribution is 5.90. The van der Waals surface area contributed by atoms with Crippen LogP contribution in [0.15, 0.2) is 0 Å². The number of aromatic amines is 1. The number of H-pyrrole nitrogens is 1. The number of carbonyl (C=O) groups is 1.